The van der Waals surface area contributed by atoms with Crippen LogP contribution >= 0.6 is 0 Å². The minimum atomic E-state index is -5.56. The van der Waals surface area contributed by atoms with Gasteiger partial charge in [-0.25, -0.2) is 13.6 Å². The molecule has 0 N–H and O–H groups in total. The third-order valence-corrected chi connectivity index (χ3v) is 1.03. The van der Waals surface area contributed by atoms with Crippen LogP contribution in [-0.4, -0.2) is 30.9 Å². The van der Waals surface area contributed by atoms with Crippen LogP contribution in [0.15, 0.2) is 0 Å². The highest BCUT2D eigenvalue weighted by Gasteiger charge is 2.56. The Balaban J connectivity index is 4.64. The van der Waals surface area contributed by atoms with Gasteiger partial charge in [-0.3, -0.25) is 0 Å². The number of carbonyl (C=O) groups is 1. The topological polar surface area (TPSA) is 26.3 Å². The third kappa shape index (κ3) is 3.20. The molecule has 0 saturated carbocycles. The first kappa shape index (κ1) is 13.9. The van der Waals surface area contributed by atoms with E-state index < -0.39 is 30.9 Å². The minimum absolute atomic E-state index is 2.27. The Morgan fingerprint density at radius 1 is 0.933 bits per heavy atom. The first-order valence-corrected chi connectivity index (χ1v) is 3.07. The molecule has 0 unspecified atom stereocenters. The van der Waals surface area contributed by atoms with Crippen LogP contribution in [0.25, 0.3) is 0 Å². The summed E-state index contributed by atoms with van der Waals surface area (Å²) in [5.41, 5.74) is 0. The second-order valence-corrected chi connectivity index (χ2v) is 2.18. The molecule has 0 aliphatic rings. The van der Waals surface area contributed by atoms with E-state index in [-0.39, 0.29) is 0 Å². The van der Waals surface area contributed by atoms with Crippen molar-refractivity contribution in [3.8, 4) is 0 Å². The maximum Gasteiger partial charge on any atom is 0.463 e. The fourth-order valence-corrected chi connectivity index (χ4v) is 0.325. The van der Waals surface area contributed by atoms with Gasteiger partial charge in [0.1, 0.15) is 0 Å². The summed E-state index contributed by atoms with van der Waals surface area (Å²) >= 11 is 0. The molecule has 0 heterocycles. The Hall–Kier alpha value is -1.09. The summed E-state index contributed by atoms with van der Waals surface area (Å²) in [7, 11) is 0. The van der Waals surface area contributed by atoms with Crippen LogP contribution in [-0.2, 0) is 9.53 Å². The molecule has 0 bridgehead atoms. The van der Waals surface area contributed by atoms with Crippen LogP contribution in [0.1, 0.15) is 0 Å². The van der Waals surface area contributed by atoms with E-state index in [4.69, 9.17) is 0 Å². The summed E-state index contributed by atoms with van der Waals surface area (Å²) in [5, 5.41) is 0. The van der Waals surface area contributed by atoms with Crippen molar-refractivity contribution in [2.75, 3.05) is 0 Å². The Labute approximate surface area is 76.8 Å². The van der Waals surface area contributed by atoms with E-state index in [1.807, 2.05) is 0 Å². The smallest absolute Gasteiger partial charge is 0.392 e. The standard InChI is InChI=1S/C5H2F8O2/c6-1(7)4(10,11)3(14)15-5(12,13)2(8)9/h1-2H. The molecule has 0 aromatic rings. The van der Waals surface area contributed by atoms with Crippen molar-refractivity contribution in [2.24, 2.45) is 0 Å². The van der Waals surface area contributed by atoms with Gasteiger partial charge in [-0.05, 0) is 0 Å². The number of alkyl halides is 8. The molecular formula is C5H2F8O2. The highest BCUT2D eigenvalue weighted by atomic mass is 19.3. The van der Waals surface area contributed by atoms with Crippen LogP contribution in [0, 0.1) is 0 Å². The lowest BCUT2D eigenvalue weighted by Gasteiger charge is -2.19. The lowest BCUT2D eigenvalue weighted by atomic mass is 10.3. The molecule has 0 aliphatic heterocycles. The zero-order chi connectivity index (χ0) is 12.4. The van der Waals surface area contributed by atoms with Crippen molar-refractivity contribution in [3.05, 3.63) is 0 Å². The molecule has 2 nitrogen and oxygen atoms in total. The van der Waals surface area contributed by atoms with Crippen molar-refractivity contribution >= 4 is 5.97 Å². The average molecular weight is 246 g/mol. The predicted molar refractivity (Wildman–Crippen MR) is 28.0 cm³/mol. The quantitative estimate of drug-likeness (QED) is 0.562. The maximum atomic E-state index is 11.9. The number of esters is 1. The normalized spacial score (nSPS) is 13.5. The summed E-state index contributed by atoms with van der Waals surface area (Å²) in [4.78, 5) is 9.96. The molecule has 0 saturated heterocycles. The molecule has 90 valence electrons. The first-order valence-electron chi connectivity index (χ1n) is 3.07. The summed E-state index contributed by atoms with van der Waals surface area (Å²) in [5.74, 6) is -8.97. The van der Waals surface area contributed by atoms with E-state index in [9.17, 15) is 39.9 Å². The van der Waals surface area contributed by atoms with E-state index >= 15 is 0 Å². The first-order chi connectivity index (χ1) is 6.51. The number of carbonyl (C=O) groups excluding carboxylic acids is 1. The Morgan fingerprint density at radius 2 is 1.33 bits per heavy atom. The molecule has 0 aliphatic carbocycles. The van der Waals surface area contributed by atoms with Gasteiger partial charge < -0.3 is 4.74 Å². The molecule has 0 radical (unpaired) electrons. The van der Waals surface area contributed by atoms with Gasteiger partial charge in [0.15, 0.2) is 0 Å². The van der Waals surface area contributed by atoms with E-state index in [1.165, 1.54) is 0 Å². The zero-order valence-corrected chi connectivity index (χ0v) is 6.49. The zero-order valence-electron chi connectivity index (χ0n) is 6.49. The van der Waals surface area contributed by atoms with E-state index in [1.54, 1.807) is 0 Å². The monoisotopic (exact) mass is 246 g/mol. The van der Waals surface area contributed by atoms with Gasteiger partial charge in [0, 0.05) is 0 Å². The molecule has 0 amide bonds. The second-order valence-electron chi connectivity index (χ2n) is 2.18. The lowest BCUT2D eigenvalue weighted by Crippen LogP contribution is -2.44. The summed E-state index contributed by atoms with van der Waals surface area (Å²) in [6, 6.07) is 0. The van der Waals surface area contributed by atoms with Crippen LogP contribution in [0.5, 0.6) is 0 Å². The Morgan fingerprint density at radius 3 is 1.60 bits per heavy atom. The maximum absolute atomic E-state index is 11.9. The SMILES string of the molecule is O=C(OC(F)(F)C(F)F)C(F)(F)C(F)F. The lowest BCUT2D eigenvalue weighted by molar-refractivity contribution is -0.300. The van der Waals surface area contributed by atoms with Crippen molar-refractivity contribution < 1.29 is 44.7 Å². The van der Waals surface area contributed by atoms with Crippen molar-refractivity contribution in [3.63, 3.8) is 0 Å². The summed E-state index contributed by atoms with van der Waals surface area (Å²) in [6.45, 7) is 0. The molecular weight excluding hydrogens is 244 g/mol. The number of halogens is 8. The van der Waals surface area contributed by atoms with E-state index in [0.717, 1.165) is 0 Å². The highest BCUT2D eigenvalue weighted by Crippen LogP contribution is 2.30. The highest BCUT2D eigenvalue weighted by molar-refractivity contribution is 5.78. The van der Waals surface area contributed by atoms with Crippen molar-refractivity contribution in [1.82, 2.24) is 0 Å². The van der Waals surface area contributed by atoms with Crippen LogP contribution < -0.4 is 0 Å². The Bertz CT molecular complexity index is 237. The van der Waals surface area contributed by atoms with E-state index in [2.05, 4.69) is 4.74 Å². The summed E-state index contributed by atoms with van der Waals surface area (Å²) < 4.78 is 95.1. The second kappa shape index (κ2) is 4.19. The van der Waals surface area contributed by atoms with Gasteiger partial charge in [0.05, 0.1) is 0 Å². The predicted octanol–water partition coefficient (Wildman–Crippen LogP) is 2.29. The fraction of sp³-hybridized carbons (Fsp3) is 0.800. The largest absolute Gasteiger partial charge is 0.463 e. The average Bonchev–Trinajstić information content (AvgIpc) is 2.02. The number of hydrogen-bond donors (Lipinski definition) is 0. The molecule has 15 heavy (non-hydrogen) atoms. The molecule has 0 aromatic carbocycles. The number of ether oxygens (including phenoxy) is 1. The number of rotatable bonds is 4. The van der Waals surface area contributed by atoms with Gasteiger partial charge >= 0.3 is 30.9 Å². The minimum Gasteiger partial charge on any atom is -0.392 e. The van der Waals surface area contributed by atoms with Crippen LogP contribution in [0.3, 0.4) is 0 Å². The van der Waals surface area contributed by atoms with Crippen molar-refractivity contribution in [2.45, 2.75) is 24.9 Å². The molecule has 10 heteroatoms. The fourth-order valence-electron chi connectivity index (χ4n) is 0.325. The Kier molecular flexibility index (Phi) is 3.88. The number of hydrogen-bond acceptors (Lipinski definition) is 2. The molecule has 0 atom stereocenters. The van der Waals surface area contributed by atoms with Crippen LogP contribution in [0.4, 0.5) is 35.1 Å². The van der Waals surface area contributed by atoms with Gasteiger partial charge in [0.25, 0.3) is 0 Å². The third-order valence-electron chi connectivity index (χ3n) is 1.03. The van der Waals surface area contributed by atoms with Gasteiger partial charge in [0.2, 0.25) is 0 Å². The molecule has 0 fully saturated rings. The molecule has 0 spiro atoms. The van der Waals surface area contributed by atoms with Gasteiger partial charge in [-0.2, -0.15) is 26.3 Å². The molecule has 0 aromatic heterocycles. The van der Waals surface area contributed by atoms with E-state index in [0.29, 0.717) is 0 Å². The van der Waals surface area contributed by atoms with Gasteiger partial charge in [-0.15, -0.1) is 0 Å². The molecule has 0 rings (SSSR count). The van der Waals surface area contributed by atoms with Gasteiger partial charge in [-0.1, -0.05) is 0 Å². The van der Waals surface area contributed by atoms with Crippen molar-refractivity contribution in [1.29, 1.82) is 0 Å². The summed E-state index contributed by atoms with van der Waals surface area (Å²) in [6.07, 6.45) is -14.7. The van der Waals surface area contributed by atoms with Crippen LogP contribution in [0.2, 0.25) is 0 Å².